The maximum Gasteiger partial charge on any atom is 0.299 e. The van der Waals surface area contributed by atoms with Gasteiger partial charge in [-0.3, -0.25) is 9.78 Å². The van der Waals surface area contributed by atoms with E-state index in [9.17, 15) is 4.79 Å². The number of benzene rings is 1. The number of anilines is 1. The van der Waals surface area contributed by atoms with E-state index >= 15 is 0 Å². The van der Waals surface area contributed by atoms with Gasteiger partial charge in [-0.2, -0.15) is 9.67 Å². The molecule has 1 N–H and O–H groups in total. The van der Waals surface area contributed by atoms with Crippen molar-refractivity contribution < 1.29 is 13.9 Å². The molecule has 0 aliphatic heterocycles. The topological polar surface area (TPSA) is 95.1 Å². The minimum Gasteiger partial charge on any atom is -0.497 e. The Balaban J connectivity index is 1.69. The summed E-state index contributed by atoms with van der Waals surface area (Å²) in [6.45, 7) is 0.364. The summed E-state index contributed by atoms with van der Waals surface area (Å²) in [7, 11) is 1.60. The molecule has 0 amide bonds. The van der Waals surface area contributed by atoms with Crippen LogP contribution in [0.5, 0.6) is 5.75 Å². The number of hydrogen-bond acceptors (Lipinski definition) is 7. The lowest BCUT2D eigenvalue weighted by atomic mass is 10.2. The van der Waals surface area contributed by atoms with E-state index in [0.29, 0.717) is 24.1 Å². The van der Waals surface area contributed by atoms with Gasteiger partial charge in [-0.05, 0) is 48.5 Å². The predicted molar refractivity (Wildman–Crippen MR) is 102 cm³/mol. The Labute approximate surface area is 160 Å². The summed E-state index contributed by atoms with van der Waals surface area (Å²) in [4.78, 5) is 21.5. The smallest absolute Gasteiger partial charge is 0.299 e. The molecular weight excluding hydrogens is 358 g/mol. The number of carbonyl (C=O) groups is 1. The van der Waals surface area contributed by atoms with Crippen LogP contribution in [-0.2, 0) is 6.54 Å². The summed E-state index contributed by atoms with van der Waals surface area (Å²) in [5.41, 5.74) is 1.03. The van der Waals surface area contributed by atoms with Crippen molar-refractivity contribution in [1.82, 2.24) is 19.7 Å². The van der Waals surface area contributed by atoms with Crippen LogP contribution < -0.4 is 10.1 Å². The number of nitrogens with zero attached hydrogens (tertiary/aromatic N) is 4. The average Bonchev–Trinajstić information content (AvgIpc) is 3.42. The number of nitrogens with one attached hydrogen (secondary N) is 1. The zero-order valence-corrected chi connectivity index (χ0v) is 15.1. The van der Waals surface area contributed by atoms with Gasteiger partial charge in [0, 0.05) is 11.8 Å². The summed E-state index contributed by atoms with van der Waals surface area (Å²) in [5, 5.41) is 7.50. The number of aromatic nitrogens is 4. The van der Waals surface area contributed by atoms with Gasteiger partial charge in [0.1, 0.15) is 17.2 Å². The Kier molecular flexibility index (Phi) is 4.83. The van der Waals surface area contributed by atoms with Crippen LogP contribution in [0.1, 0.15) is 16.2 Å². The van der Waals surface area contributed by atoms with Crippen molar-refractivity contribution in [1.29, 1.82) is 0 Å². The number of carbonyl (C=O) groups excluding carboxylic acids is 1. The second kappa shape index (κ2) is 7.75. The fourth-order valence-corrected chi connectivity index (χ4v) is 2.61. The zero-order valence-electron chi connectivity index (χ0n) is 15.1. The number of rotatable bonds is 6. The van der Waals surface area contributed by atoms with Gasteiger partial charge in [0.05, 0.1) is 19.9 Å². The molecule has 3 heterocycles. The van der Waals surface area contributed by atoms with Gasteiger partial charge in [0.2, 0.25) is 5.95 Å². The highest BCUT2D eigenvalue weighted by molar-refractivity contribution is 5.95. The van der Waals surface area contributed by atoms with E-state index in [-0.39, 0.29) is 11.6 Å². The molecule has 0 unspecified atom stereocenters. The summed E-state index contributed by atoms with van der Waals surface area (Å²) in [6, 6.07) is 16.0. The van der Waals surface area contributed by atoms with Crippen molar-refractivity contribution >= 4 is 11.9 Å². The maximum absolute atomic E-state index is 12.9. The van der Waals surface area contributed by atoms with Crippen molar-refractivity contribution in [3.8, 4) is 17.1 Å². The number of ether oxygens (including phenoxy) is 1. The summed E-state index contributed by atoms with van der Waals surface area (Å²) in [5.74, 6) is 1.77. The second-order valence-corrected chi connectivity index (χ2v) is 5.85. The van der Waals surface area contributed by atoms with Crippen LogP contribution in [0.3, 0.4) is 0 Å². The molecule has 8 nitrogen and oxygen atoms in total. The van der Waals surface area contributed by atoms with Crippen LogP contribution in [-0.4, -0.2) is 32.8 Å². The Hall–Kier alpha value is -3.94. The minimum atomic E-state index is -0.380. The van der Waals surface area contributed by atoms with E-state index in [0.717, 1.165) is 11.3 Å². The van der Waals surface area contributed by atoms with Crippen LogP contribution in [0.4, 0.5) is 5.95 Å². The van der Waals surface area contributed by atoms with Crippen LogP contribution in [0.15, 0.2) is 71.5 Å². The number of pyridine rings is 1. The fraction of sp³-hybridized carbons (Fsp3) is 0.100. The lowest BCUT2D eigenvalue weighted by Crippen LogP contribution is -2.18. The van der Waals surface area contributed by atoms with Gasteiger partial charge < -0.3 is 14.5 Å². The van der Waals surface area contributed by atoms with E-state index in [4.69, 9.17) is 9.15 Å². The highest BCUT2D eigenvalue weighted by atomic mass is 16.5. The Bertz CT molecular complexity index is 1060. The van der Waals surface area contributed by atoms with Crippen molar-refractivity contribution in [2.45, 2.75) is 6.54 Å². The third-order valence-electron chi connectivity index (χ3n) is 4.03. The molecule has 1 aromatic carbocycles. The Morgan fingerprint density at radius 3 is 2.68 bits per heavy atom. The first-order valence-electron chi connectivity index (χ1n) is 8.58. The van der Waals surface area contributed by atoms with E-state index in [1.807, 2.05) is 30.3 Å². The van der Waals surface area contributed by atoms with Gasteiger partial charge in [-0.25, -0.2) is 0 Å². The average molecular weight is 375 g/mol. The molecule has 4 rings (SSSR count). The lowest BCUT2D eigenvalue weighted by Gasteiger charge is -2.05. The molecule has 0 bridgehead atoms. The van der Waals surface area contributed by atoms with Crippen molar-refractivity contribution in [3.05, 3.63) is 78.5 Å². The molecule has 0 saturated heterocycles. The van der Waals surface area contributed by atoms with Gasteiger partial charge >= 0.3 is 0 Å². The molecule has 0 saturated carbocycles. The van der Waals surface area contributed by atoms with Gasteiger partial charge in [0.15, 0.2) is 5.82 Å². The van der Waals surface area contributed by atoms with E-state index in [1.54, 1.807) is 43.8 Å². The maximum atomic E-state index is 12.9. The molecule has 140 valence electrons. The normalized spacial score (nSPS) is 10.6. The van der Waals surface area contributed by atoms with Gasteiger partial charge in [-0.15, -0.1) is 5.10 Å². The summed E-state index contributed by atoms with van der Waals surface area (Å²) in [6.07, 6.45) is 3.15. The predicted octanol–water partition coefficient (Wildman–Crippen LogP) is 3.24. The molecule has 0 radical (unpaired) electrons. The summed E-state index contributed by atoms with van der Waals surface area (Å²) < 4.78 is 11.7. The molecule has 8 heteroatoms. The number of hydrogen-bond donors (Lipinski definition) is 1. The molecule has 4 aromatic rings. The van der Waals surface area contributed by atoms with E-state index in [2.05, 4.69) is 20.4 Å². The second-order valence-electron chi connectivity index (χ2n) is 5.85. The van der Waals surface area contributed by atoms with Crippen LogP contribution in [0, 0.1) is 0 Å². The lowest BCUT2D eigenvalue weighted by molar-refractivity contribution is 0.0942. The standard InChI is InChI=1S/C20H17N5O3/c1-27-15-9-7-14(8-10-15)18-23-20(22-13-16-5-4-12-28-16)25(24-18)19(26)17-6-2-3-11-21-17/h2-12H,13H2,1H3,(H,22,23,24). The number of methoxy groups -OCH3 is 1. The highest BCUT2D eigenvalue weighted by Crippen LogP contribution is 2.22. The third-order valence-corrected chi connectivity index (χ3v) is 4.03. The third kappa shape index (κ3) is 3.61. The molecule has 28 heavy (non-hydrogen) atoms. The number of furan rings is 1. The van der Waals surface area contributed by atoms with Crippen LogP contribution in [0.25, 0.3) is 11.4 Å². The zero-order chi connectivity index (χ0) is 19.3. The Morgan fingerprint density at radius 1 is 1.14 bits per heavy atom. The molecule has 0 atom stereocenters. The molecule has 3 aromatic heterocycles. The summed E-state index contributed by atoms with van der Waals surface area (Å²) >= 11 is 0. The SMILES string of the molecule is COc1ccc(-c2nc(NCc3ccco3)n(C(=O)c3ccccn3)n2)cc1. The first-order valence-corrected chi connectivity index (χ1v) is 8.58. The molecular formula is C20H17N5O3. The highest BCUT2D eigenvalue weighted by Gasteiger charge is 2.19. The first-order chi connectivity index (χ1) is 13.7. The monoisotopic (exact) mass is 375 g/mol. The van der Waals surface area contributed by atoms with Gasteiger partial charge in [0.25, 0.3) is 5.91 Å². The van der Waals surface area contributed by atoms with Crippen molar-refractivity contribution in [2.24, 2.45) is 0 Å². The van der Waals surface area contributed by atoms with Crippen LogP contribution in [0.2, 0.25) is 0 Å². The largest absolute Gasteiger partial charge is 0.497 e. The molecule has 0 spiro atoms. The first kappa shape index (κ1) is 17.5. The van der Waals surface area contributed by atoms with Crippen LogP contribution >= 0.6 is 0 Å². The molecule has 0 fully saturated rings. The molecule has 0 aliphatic rings. The fourth-order valence-electron chi connectivity index (χ4n) is 2.61. The van der Waals surface area contributed by atoms with E-state index < -0.39 is 0 Å². The van der Waals surface area contributed by atoms with Crippen molar-refractivity contribution in [3.63, 3.8) is 0 Å². The minimum absolute atomic E-state index is 0.273. The molecule has 0 aliphatic carbocycles. The van der Waals surface area contributed by atoms with E-state index in [1.165, 1.54) is 4.68 Å². The van der Waals surface area contributed by atoms with Crippen molar-refractivity contribution in [2.75, 3.05) is 12.4 Å². The quantitative estimate of drug-likeness (QED) is 0.553. The Morgan fingerprint density at radius 2 is 2.00 bits per heavy atom. The van der Waals surface area contributed by atoms with Gasteiger partial charge in [-0.1, -0.05) is 6.07 Å².